The van der Waals surface area contributed by atoms with Crippen molar-refractivity contribution in [2.75, 3.05) is 7.05 Å². The summed E-state index contributed by atoms with van der Waals surface area (Å²) in [4.78, 5) is 0. The highest BCUT2D eigenvalue weighted by molar-refractivity contribution is 7.71. The molecule has 0 radical (unpaired) electrons. The highest BCUT2D eigenvalue weighted by Gasteiger charge is 2.21. The van der Waals surface area contributed by atoms with Gasteiger partial charge in [-0.15, -0.1) is 0 Å². The maximum atomic E-state index is 3.52. The van der Waals surface area contributed by atoms with E-state index < -0.39 is 0 Å². The Morgan fingerprint density at radius 3 is 1.76 bits per heavy atom. The number of hydrogen-bond acceptors (Lipinski definition) is 1. The summed E-state index contributed by atoms with van der Waals surface area (Å²) in [7, 11) is 1.70. The average Bonchev–Trinajstić information content (AvgIpc) is 2.55. The summed E-state index contributed by atoms with van der Waals surface area (Å²) in [5.41, 5.74) is 3.01. The van der Waals surface area contributed by atoms with Crippen LogP contribution in [0, 0.1) is 0 Å². The first kappa shape index (κ1) is 11.0. The van der Waals surface area contributed by atoms with Crippen LogP contribution in [0.2, 0.25) is 0 Å². The van der Waals surface area contributed by atoms with Crippen LogP contribution in [0.4, 0.5) is 0 Å². The molecule has 0 atom stereocenters. The smallest absolute Gasteiger partial charge is 0.0256 e. The Balaban J connectivity index is 2.19. The molecule has 1 heterocycles. The molecule has 86 valence electrons. The third-order valence-corrected chi connectivity index (χ3v) is 5.64. The van der Waals surface area contributed by atoms with E-state index in [1.54, 1.807) is 0 Å². The van der Waals surface area contributed by atoms with Crippen molar-refractivity contribution in [1.82, 2.24) is 5.09 Å². The van der Waals surface area contributed by atoms with Gasteiger partial charge in [0, 0.05) is 8.07 Å². The minimum Gasteiger partial charge on any atom is -0.292 e. The van der Waals surface area contributed by atoms with Crippen LogP contribution in [0.1, 0.15) is 11.1 Å². The minimum absolute atomic E-state index is 0.378. The average molecular weight is 241 g/mol. The Kier molecular flexibility index (Phi) is 2.96. The summed E-state index contributed by atoms with van der Waals surface area (Å²) in [6, 6.07) is 17.7. The van der Waals surface area contributed by atoms with E-state index in [0.29, 0.717) is 0 Å². The van der Waals surface area contributed by atoms with Gasteiger partial charge in [0.25, 0.3) is 0 Å². The molecule has 3 rings (SSSR count). The molecule has 1 N–H and O–H groups in total. The lowest BCUT2D eigenvalue weighted by atomic mass is 10.0. The molecule has 1 aliphatic heterocycles. The number of aryl methyl sites for hydroxylation is 2. The van der Waals surface area contributed by atoms with Gasteiger partial charge in [0.05, 0.1) is 0 Å². The fraction of sp³-hybridized carbons (Fsp3) is 0.200. The molecular weight excluding hydrogens is 225 g/mol. The summed E-state index contributed by atoms with van der Waals surface area (Å²) >= 11 is 0. The van der Waals surface area contributed by atoms with Crippen molar-refractivity contribution >= 4 is 18.7 Å². The Bertz CT molecular complexity index is 488. The molecule has 0 aliphatic carbocycles. The van der Waals surface area contributed by atoms with Crippen molar-refractivity contribution in [3.05, 3.63) is 59.7 Å². The van der Waals surface area contributed by atoms with Crippen molar-refractivity contribution < 1.29 is 0 Å². The quantitative estimate of drug-likeness (QED) is 0.756. The van der Waals surface area contributed by atoms with E-state index in [0.717, 1.165) is 12.8 Å². The normalized spacial score (nSPS) is 14.9. The van der Waals surface area contributed by atoms with E-state index in [4.69, 9.17) is 0 Å². The maximum absolute atomic E-state index is 3.52. The molecule has 2 heteroatoms. The highest BCUT2D eigenvalue weighted by atomic mass is 31.1. The first-order valence-electron chi connectivity index (χ1n) is 6.03. The number of hydrogen-bond donors (Lipinski definition) is 1. The number of fused-ring (bicyclic) bond motifs is 2. The van der Waals surface area contributed by atoms with Crippen LogP contribution >= 0.6 is 8.07 Å². The zero-order chi connectivity index (χ0) is 11.7. The lowest BCUT2D eigenvalue weighted by molar-refractivity contribution is 0.977. The second kappa shape index (κ2) is 4.60. The monoisotopic (exact) mass is 241 g/mol. The number of benzene rings is 2. The van der Waals surface area contributed by atoms with Gasteiger partial charge in [-0.1, -0.05) is 48.5 Å². The van der Waals surface area contributed by atoms with Gasteiger partial charge in [0.2, 0.25) is 0 Å². The fourth-order valence-electron chi connectivity index (χ4n) is 2.52. The SMILES string of the molecule is CNP1c2ccccc2CCc2ccccc21. The molecule has 0 unspecified atom stereocenters. The lowest BCUT2D eigenvalue weighted by Gasteiger charge is -2.19. The zero-order valence-electron chi connectivity index (χ0n) is 9.98. The Morgan fingerprint density at radius 2 is 1.29 bits per heavy atom. The first-order chi connectivity index (χ1) is 8.40. The Labute approximate surface area is 104 Å². The van der Waals surface area contributed by atoms with Crippen LogP contribution in [0.3, 0.4) is 0 Å². The molecule has 17 heavy (non-hydrogen) atoms. The zero-order valence-corrected chi connectivity index (χ0v) is 10.9. The molecule has 0 amide bonds. The van der Waals surface area contributed by atoms with Crippen molar-refractivity contribution in [2.24, 2.45) is 0 Å². The van der Waals surface area contributed by atoms with E-state index in [9.17, 15) is 0 Å². The fourth-order valence-corrected chi connectivity index (χ4v) is 4.68. The third-order valence-electron chi connectivity index (χ3n) is 3.35. The Hall–Kier alpha value is -1.17. The van der Waals surface area contributed by atoms with E-state index in [1.807, 2.05) is 0 Å². The standard InChI is InChI=1S/C15H16NP/c1-16-17-14-8-4-2-6-12(14)10-11-13-7-3-5-9-15(13)17/h2-9,16H,10-11H2,1H3. The molecule has 0 bridgehead atoms. The summed E-state index contributed by atoms with van der Waals surface area (Å²) in [6.45, 7) is 0. The first-order valence-corrected chi connectivity index (χ1v) is 7.37. The summed E-state index contributed by atoms with van der Waals surface area (Å²) < 4.78 is 0. The van der Waals surface area contributed by atoms with Crippen LogP contribution in [0.25, 0.3) is 0 Å². The maximum Gasteiger partial charge on any atom is 0.0256 e. The molecule has 0 aromatic heterocycles. The van der Waals surface area contributed by atoms with E-state index >= 15 is 0 Å². The van der Waals surface area contributed by atoms with E-state index in [2.05, 4.69) is 60.7 Å². The molecule has 0 saturated carbocycles. The van der Waals surface area contributed by atoms with E-state index in [1.165, 1.54) is 21.7 Å². The molecule has 1 aliphatic rings. The summed E-state index contributed by atoms with van der Waals surface area (Å²) in [5, 5.41) is 6.51. The van der Waals surface area contributed by atoms with Gasteiger partial charge < -0.3 is 0 Å². The molecule has 0 fully saturated rings. The van der Waals surface area contributed by atoms with Gasteiger partial charge in [-0.3, -0.25) is 5.09 Å². The summed E-state index contributed by atoms with van der Waals surface area (Å²) in [5.74, 6) is 0. The molecular formula is C15H16NP. The van der Waals surface area contributed by atoms with Gasteiger partial charge in [-0.25, -0.2) is 0 Å². The largest absolute Gasteiger partial charge is 0.292 e. The van der Waals surface area contributed by atoms with Crippen LogP contribution < -0.4 is 15.7 Å². The minimum atomic E-state index is -0.378. The van der Waals surface area contributed by atoms with Gasteiger partial charge >= 0.3 is 0 Å². The molecule has 1 nitrogen and oxygen atoms in total. The van der Waals surface area contributed by atoms with Crippen molar-refractivity contribution in [3.8, 4) is 0 Å². The third kappa shape index (κ3) is 1.90. The second-order valence-electron chi connectivity index (χ2n) is 4.32. The van der Waals surface area contributed by atoms with Crippen LogP contribution in [-0.4, -0.2) is 7.05 Å². The lowest BCUT2D eigenvalue weighted by Crippen LogP contribution is -2.22. The van der Waals surface area contributed by atoms with E-state index in [-0.39, 0.29) is 8.07 Å². The Morgan fingerprint density at radius 1 is 0.824 bits per heavy atom. The second-order valence-corrected chi connectivity index (χ2v) is 6.40. The number of rotatable bonds is 1. The molecule has 0 saturated heterocycles. The highest BCUT2D eigenvalue weighted by Crippen LogP contribution is 2.33. The summed E-state index contributed by atoms with van der Waals surface area (Å²) in [6.07, 6.45) is 2.32. The van der Waals surface area contributed by atoms with Crippen molar-refractivity contribution in [1.29, 1.82) is 0 Å². The van der Waals surface area contributed by atoms with Crippen LogP contribution in [0.15, 0.2) is 48.5 Å². The van der Waals surface area contributed by atoms with Crippen LogP contribution in [0.5, 0.6) is 0 Å². The topological polar surface area (TPSA) is 12.0 Å². The molecule has 2 aromatic rings. The van der Waals surface area contributed by atoms with Gasteiger partial charge in [-0.05, 0) is 41.6 Å². The molecule has 2 aromatic carbocycles. The van der Waals surface area contributed by atoms with Crippen molar-refractivity contribution in [2.45, 2.75) is 12.8 Å². The van der Waals surface area contributed by atoms with Gasteiger partial charge in [-0.2, -0.15) is 0 Å². The van der Waals surface area contributed by atoms with Crippen molar-refractivity contribution in [3.63, 3.8) is 0 Å². The molecule has 0 spiro atoms. The number of nitrogens with one attached hydrogen (secondary N) is 1. The van der Waals surface area contributed by atoms with Crippen LogP contribution in [-0.2, 0) is 12.8 Å². The van der Waals surface area contributed by atoms with Gasteiger partial charge in [0.15, 0.2) is 0 Å². The predicted octanol–water partition coefficient (Wildman–Crippen LogP) is 2.35. The predicted molar refractivity (Wildman–Crippen MR) is 75.5 cm³/mol. The van der Waals surface area contributed by atoms with Gasteiger partial charge in [0.1, 0.15) is 0 Å².